The number of hydrogen-bond acceptors (Lipinski definition) is 5. The fraction of sp³-hybridized carbons (Fsp3) is 0.421. The van der Waals surface area contributed by atoms with Gasteiger partial charge in [-0.2, -0.15) is 13.2 Å². The normalized spacial score (nSPS) is 16.8. The number of halogens is 3. The lowest BCUT2D eigenvalue weighted by Crippen LogP contribution is -2.49. The zero-order valence-corrected chi connectivity index (χ0v) is 16.4. The Morgan fingerprint density at radius 3 is 2.36 bits per heavy atom. The van der Waals surface area contributed by atoms with Gasteiger partial charge in [0, 0.05) is 31.7 Å². The van der Waals surface area contributed by atoms with Crippen molar-refractivity contribution in [2.75, 3.05) is 33.2 Å². The molecule has 1 atom stereocenters. The van der Waals surface area contributed by atoms with Gasteiger partial charge in [0.15, 0.2) is 5.16 Å². The molecule has 0 radical (unpaired) electrons. The van der Waals surface area contributed by atoms with Crippen molar-refractivity contribution < 1.29 is 18.0 Å². The molecule has 1 aliphatic rings. The highest BCUT2D eigenvalue weighted by Gasteiger charge is 2.34. The zero-order valence-electron chi connectivity index (χ0n) is 15.6. The monoisotopic (exact) mass is 410 g/mol. The minimum Gasteiger partial charge on any atom is -0.339 e. The van der Waals surface area contributed by atoms with Crippen molar-refractivity contribution in [2.24, 2.45) is 0 Å². The van der Waals surface area contributed by atoms with E-state index in [1.165, 1.54) is 0 Å². The van der Waals surface area contributed by atoms with Crippen LogP contribution in [-0.2, 0) is 11.0 Å². The van der Waals surface area contributed by atoms with E-state index in [1.54, 1.807) is 42.2 Å². The van der Waals surface area contributed by atoms with Gasteiger partial charge in [-0.15, -0.1) is 0 Å². The van der Waals surface area contributed by atoms with Crippen LogP contribution in [0.3, 0.4) is 0 Å². The number of benzene rings is 1. The summed E-state index contributed by atoms with van der Waals surface area (Å²) in [6.45, 7) is 4.46. The third-order valence-corrected chi connectivity index (χ3v) is 5.46. The molecule has 2 heterocycles. The van der Waals surface area contributed by atoms with Gasteiger partial charge in [0.05, 0.1) is 10.9 Å². The average molecular weight is 410 g/mol. The number of carbonyl (C=O) groups is 1. The fourth-order valence-electron chi connectivity index (χ4n) is 2.87. The SMILES string of the molecule is C[C@H](Sc1nc(-c2ccccc2)cc(C(F)(F)F)n1)C(=O)N1CCN(C)CC1. The number of hydrogen-bond donors (Lipinski definition) is 0. The lowest BCUT2D eigenvalue weighted by atomic mass is 10.1. The minimum atomic E-state index is -4.59. The summed E-state index contributed by atoms with van der Waals surface area (Å²) in [5.74, 6) is -0.111. The van der Waals surface area contributed by atoms with Crippen LogP contribution in [0.25, 0.3) is 11.3 Å². The summed E-state index contributed by atoms with van der Waals surface area (Å²) in [6.07, 6.45) is -4.59. The molecular formula is C19H21F3N4OS. The molecule has 1 aromatic heterocycles. The molecule has 0 unspecified atom stereocenters. The molecule has 0 saturated carbocycles. The van der Waals surface area contributed by atoms with Crippen LogP contribution >= 0.6 is 11.8 Å². The number of thioether (sulfide) groups is 1. The molecule has 1 saturated heterocycles. The van der Waals surface area contributed by atoms with Crippen molar-refractivity contribution in [2.45, 2.75) is 23.5 Å². The van der Waals surface area contributed by atoms with E-state index >= 15 is 0 Å². The van der Waals surface area contributed by atoms with Crippen LogP contribution in [0.15, 0.2) is 41.6 Å². The Hall–Kier alpha value is -2.13. The Labute approximate surface area is 166 Å². The molecule has 1 fully saturated rings. The number of carbonyl (C=O) groups excluding carboxylic acids is 1. The largest absolute Gasteiger partial charge is 0.433 e. The Morgan fingerprint density at radius 2 is 1.75 bits per heavy atom. The van der Waals surface area contributed by atoms with Gasteiger partial charge in [-0.3, -0.25) is 4.79 Å². The quantitative estimate of drug-likeness (QED) is 0.571. The number of aromatic nitrogens is 2. The molecule has 2 aromatic rings. The number of nitrogens with zero attached hydrogens (tertiary/aromatic N) is 4. The topological polar surface area (TPSA) is 49.3 Å². The molecule has 1 aromatic carbocycles. The molecule has 28 heavy (non-hydrogen) atoms. The van der Waals surface area contributed by atoms with Crippen LogP contribution in [-0.4, -0.2) is 64.2 Å². The molecule has 9 heteroatoms. The van der Waals surface area contributed by atoms with Crippen molar-refractivity contribution in [3.8, 4) is 11.3 Å². The average Bonchev–Trinajstić information content (AvgIpc) is 2.68. The minimum absolute atomic E-state index is 0.0522. The smallest absolute Gasteiger partial charge is 0.339 e. The maximum Gasteiger partial charge on any atom is 0.433 e. The first kappa shape index (κ1) is 20.6. The predicted molar refractivity (Wildman–Crippen MR) is 102 cm³/mol. The molecule has 0 aliphatic carbocycles. The highest BCUT2D eigenvalue weighted by molar-refractivity contribution is 8.00. The van der Waals surface area contributed by atoms with Crippen LogP contribution < -0.4 is 0 Å². The van der Waals surface area contributed by atoms with Crippen molar-refractivity contribution in [3.63, 3.8) is 0 Å². The van der Waals surface area contributed by atoms with E-state index in [0.29, 0.717) is 18.7 Å². The molecule has 0 spiro atoms. The summed E-state index contributed by atoms with van der Waals surface area (Å²) in [6, 6.07) is 9.56. The molecule has 5 nitrogen and oxygen atoms in total. The van der Waals surface area contributed by atoms with Crippen molar-refractivity contribution in [3.05, 3.63) is 42.1 Å². The lowest BCUT2D eigenvalue weighted by Gasteiger charge is -2.33. The van der Waals surface area contributed by atoms with Crippen LogP contribution in [0.5, 0.6) is 0 Å². The Balaban J connectivity index is 1.83. The van der Waals surface area contributed by atoms with Crippen molar-refractivity contribution >= 4 is 17.7 Å². The first-order valence-electron chi connectivity index (χ1n) is 8.90. The van der Waals surface area contributed by atoms with Crippen molar-refractivity contribution in [1.29, 1.82) is 0 Å². The molecule has 150 valence electrons. The van der Waals surface area contributed by atoms with Gasteiger partial charge in [0.2, 0.25) is 5.91 Å². The molecule has 0 bridgehead atoms. The highest BCUT2D eigenvalue weighted by atomic mass is 32.2. The van der Waals surface area contributed by atoms with Gasteiger partial charge in [0.1, 0.15) is 5.69 Å². The van der Waals surface area contributed by atoms with Gasteiger partial charge in [0.25, 0.3) is 0 Å². The maximum absolute atomic E-state index is 13.3. The maximum atomic E-state index is 13.3. The van der Waals surface area contributed by atoms with E-state index in [2.05, 4.69) is 14.9 Å². The van der Waals surface area contributed by atoms with E-state index in [0.717, 1.165) is 30.9 Å². The summed E-state index contributed by atoms with van der Waals surface area (Å²) in [4.78, 5) is 24.4. The third-order valence-electron chi connectivity index (χ3n) is 4.51. The van der Waals surface area contributed by atoms with Gasteiger partial charge >= 0.3 is 6.18 Å². The Kier molecular flexibility index (Phi) is 6.24. The van der Waals surface area contributed by atoms with Crippen molar-refractivity contribution in [1.82, 2.24) is 19.8 Å². The lowest BCUT2D eigenvalue weighted by molar-refractivity contribution is -0.141. The van der Waals surface area contributed by atoms with Crippen LogP contribution in [0.2, 0.25) is 0 Å². The van der Waals surface area contributed by atoms with E-state index in [9.17, 15) is 18.0 Å². The van der Waals surface area contributed by atoms with E-state index < -0.39 is 17.1 Å². The summed E-state index contributed by atoms with van der Waals surface area (Å²) >= 11 is 0.958. The first-order valence-corrected chi connectivity index (χ1v) is 9.77. The number of alkyl halides is 3. The fourth-order valence-corrected chi connectivity index (χ4v) is 3.74. The number of rotatable bonds is 4. The van der Waals surface area contributed by atoms with E-state index in [4.69, 9.17) is 0 Å². The van der Waals surface area contributed by atoms with Crippen LogP contribution in [0, 0.1) is 0 Å². The number of piperazine rings is 1. The molecule has 1 aliphatic heterocycles. The van der Waals surface area contributed by atoms with Gasteiger partial charge in [-0.1, -0.05) is 42.1 Å². The summed E-state index contributed by atoms with van der Waals surface area (Å²) in [7, 11) is 1.99. The van der Waals surface area contributed by atoms with Gasteiger partial charge in [-0.25, -0.2) is 9.97 Å². The number of amides is 1. The Bertz CT molecular complexity index is 824. The van der Waals surface area contributed by atoms with Crippen LogP contribution in [0.1, 0.15) is 12.6 Å². The molecule has 0 N–H and O–H groups in total. The first-order chi connectivity index (χ1) is 13.2. The molecular weight excluding hydrogens is 389 g/mol. The highest BCUT2D eigenvalue weighted by Crippen LogP contribution is 2.33. The van der Waals surface area contributed by atoms with Gasteiger partial charge in [-0.05, 0) is 20.0 Å². The standard InChI is InChI=1S/C19H21F3N4OS/c1-13(17(27)26-10-8-25(2)9-11-26)28-18-23-15(14-6-4-3-5-7-14)12-16(24-18)19(20,21)22/h3-7,12-13H,8-11H2,1-2H3/t13-/m0/s1. The molecule has 3 rings (SSSR count). The molecule has 1 amide bonds. The van der Waals surface area contributed by atoms with E-state index in [1.807, 2.05) is 7.05 Å². The summed E-state index contributed by atoms with van der Waals surface area (Å²) in [5.41, 5.74) is -0.261. The summed E-state index contributed by atoms with van der Waals surface area (Å²) in [5, 5.41) is -0.626. The second-order valence-electron chi connectivity index (χ2n) is 6.67. The summed E-state index contributed by atoms with van der Waals surface area (Å²) < 4.78 is 39.9. The van der Waals surface area contributed by atoms with Gasteiger partial charge < -0.3 is 9.80 Å². The zero-order chi connectivity index (χ0) is 20.3. The third kappa shape index (κ3) is 5.02. The van der Waals surface area contributed by atoms with Crippen LogP contribution in [0.4, 0.5) is 13.2 Å². The second kappa shape index (κ2) is 8.48. The second-order valence-corrected chi connectivity index (χ2v) is 7.98. The predicted octanol–water partition coefficient (Wildman–Crippen LogP) is 3.42. The van der Waals surface area contributed by atoms with E-state index in [-0.39, 0.29) is 16.8 Å². The number of likely N-dealkylation sites (N-methyl/N-ethyl adjacent to an activating group) is 1. The Morgan fingerprint density at radius 1 is 1.11 bits per heavy atom.